The van der Waals surface area contributed by atoms with Crippen LogP contribution in [0.5, 0.6) is 0 Å². The Bertz CT molecular complexity index is 429. The van der Waals surface area contributed by atoms with E-state index in [4.69, 9.17) is 0 Å². The van der Waals surface area contributed by atoms with E-state index in [-0.39, 0.29) is 12.0 Å². The van der Waals surface area contributed by atoms with Crippen LogP contribution in [0.25, 0.3) is 0 Å². The fourth-order valence-electron chi connectivity index (χ4n) is 1.59. The molecule has 0 saturated carbocycles. The van der Waals surface area contributed by atoms with Crippen LogP contribution in [0.4, 0.5) is 13.2 Å². The van der Waals surface area contributed by atoms with E-state index in [0.29, 0.717) is 6.42 Å². The zero-order chi connectivity index (χ0) is 14.7. The maximum absolute atomic E-state index is 11.9. The number of hydrogen-bond donors (Lipinski definition) is 1. The average molecular weight is 273 g/mol. The summed E-state index contributed by atoms with van der Waals surface area (Å²) in [7, 11) is 0. The van der Waals surface area contributed by atoms with Gasteiger partial charge >= 0.3 is 12.1 Å². The molecule has 0 aliphatic rings. The number of alkyl halides is 3. The Morgan fingerprint density at radius 2 is 1.63 bits per heavy atom. The summed E-state index contributed by atoms with van der Waals surface area (Å²) >= 11 is 0. The lowest BCUT2D eigenvalue weighted by atomic mass is 9.86. The predicted molar refractivity (Wildman–Crippen MR) is 67.9 cm³/mol. The number of rotatable bonds is 3. The van der Waals surface area contributed by atoms with Crippen LogP contribution >= 0.6 is 0 Å². The van der Waals surface area contributed by atoms with Gasteiger partial charge in [-0.05, 0) is 23.0 Å². The summed E-state index contributed by atoms with van der Waals surface area (Å²) in [6, 6.07) is 7.67. The number of halogens is 3. The van der Waals surface area contributed by atoms with Crippen molar-refractivity contribution < 1.29 is 18.0 Å². The summed E-state index contributed by atoms with van der Waals surface area (Å²) in [6.07, 6.45) is -4.43. The third kappa shape index (κ3) is 4.93. The summed E-state index contributed by atoms with van der Waals surface area (Å²) in [4.78, 5) is 10.6. The summed E-state index contributed by atoms with van der Waals surface area (Å²) in [5, 5.41) is 1.85. The SMILES string of the molecule is CC(C)(C)c1ccc(CCNC(=O)C(F)(F)F)cc1. The lowest BCUT2D eigenvalue weighted by Gasteiger charge is -2.19. The van der Waals surface area contributed by atoms with Crippen molar-refractivity contribution in [2.75, 3.05) is 6.54 Å². The average Bonchev–Trinajstić information content (AvgIpc) is 2.27. The first kappa shape index (κ1) is 15.5. The van der Waals surface area contributed by atoms with Crippen LogP contribution in [-0.2, 0) is 16.6 Å². The minimum absolute atomic E-state index is 0.0206. The Kier molecular flexibility index (Phi) is 4.61. The van der Waals surface area contributed by atoms with Gasteiger partial charge in [-0.3, -0.25) is 4.79 Å². The van der Waals surface area contributed by atoms with Crippen LogP contribution in [-0.4, -0.2) is 18.6 Å². The van der Waals surface area contributed by atoms with Gasteiger partial charge in [0.15, 0.2) is 0 Å². The fourth-order valence-corrected chi connectivity index (χ4v) is 1.59. The van der Waals surface area contributed by atoms with E-state index in [1.165, 1.54) is 0 Å². The Morgan fingerprint density at radius 3 is 2.05 bits per heavy atom. The normalized spacial score (nSPS) is 12.3. The molecule has 0 heterocycles. The third-order valence-electron chi connectivity index (χ3n) is 2.78. The van der Waals surface area contributed by atoms with Crippen molar-refractivity contribution in [2.24, 2.45) is 0 Å². The van der Waals surface area contributed by atoms with Crippen LogP contribution < -0.4 is 5.32 Å². The maximum Gasteiger partial charge on any atom is 0.471 e. The number of nitrogens with one attached hydrogen (secondary N) is 1. The first-order chi connectivity index (χ1) is 8.60. The molecular weight excluding hydrogens is 255 g/mol. The van der Waals surface area contributed by atoms with Crippen LogP contribution in [0.3, 0.4) is 0 Å². The highest BCUT2D eigenvalue weighted by atomic mass is 19.4. The number of benzene rings is 1. The van der Waals surface area contributed by atoms with E-state index < -0.39 is 12.1 Å². The second-order valence-corrected chi connectivity index (χ2v) is 5.45. The largest absolute Gasteiger partial charge is 0.471 e. The molecule has 2 nitrogen and oxygen atoms in total. The monoisotopic (exact) mass is 273 g/mol. The van der Waals surface area contributed by atoms with E-state index in [2.05, 4.69) is 20.8 Å². The van der Waals surface area contributed by atoms with Gasteiger partial charge in [-0.25, -0.2) is 0 Å². The molecule has 5 heteroatoms. The van der Waals surface area contributed by atoms with Crippen molar-refractivity contribution >= 4 is 5.91 Å². The van der Waals surface area contributed by atoms with Crippen molar-refractivity contribution in [3.8, 4) is 0 Å². The molecule has 0 aliphatic heterocycles. The molecule has 106 valence electrons. The van der Waals surface area contributed by atoms with Crippen molar-refractivity contribution in [3.05, 3.63) is 35.4 Å². The highest BCUT2D eigenvalue weighted by molar-refractivity contribution is 5.81. The number of amides is 1. The highest BCUT2D eigenvalue weighted by Gasteiger charge is 2.38. The molecule has 0 radical (unpaired) electrons. The Labute approximate surface area is 111 Å². The lowest BCUT2D eigenvalue weighted by molar-refractivity contribution is -0.173. The number of carbonyl (C=O) groups is 1. The van der Waals surface area contributed by atoms with Crippen molar-refractivity contribution in [3.63, 3.8) is 0 Å². The standard InChI is InChI=1S/C14H18F3NO/c1-13(2,3)11-6-4-10(5-7-11)8-9-18-12(19)14(15,16)17/h4-7H,8-9H2,1-3H3,(H,18,19). The van der Waals surface area contributed by atoms with E-state index in [1.54, 1.807) is 0 Å². The zero-order valence-corrected chi connectivity index (χ0v) is 11.3. The summed E-state index contributed by atoms with van der Waals surface area (Å²) < 4.78 is 35.8. The van der Waals surface area contributed by atoms with Crippen molar-refractivity contribution in [2.45, 2.75) is 38.8 Å². The topological polar surface area (TPSA) is 29.1 Å². The molecule has 0 aromatic heterocycles. The second-order valence-electron chi connectivity index (χ2n) is 5.45. The Morgan fingerprint density at radius 1 is 1.11 bits per heavy atom. The molecule has 19 heavy (non-hydrogen) atoms. The Balaban J connectivity index is 2.50. The van der Waals surface area contributed by atoms with E-state index in [9.17, 15) is 18.0 Å². The van der Waals surface area contributed by atoms with Gasteiger partial charge in [0.1, 0.15) is 0 Å². The quantitative estimate of drug-likeness (QED) is 0.900. The van der Waals surface area contributed by atoms with Gasteiger partial charge in [0.05, 0.1) is 0 Å². The molecule has 0 bridgehead atoms. The summed E-state index contributed by atoms with van der Waals surface area (Å²) in [6.45, 7) is 6.25. The second kappa shape index (κ2) is 5.63. The van der Waals surface area contributed by atoms with Crippen LogP contribution in [0.2, 0.25) is 0 Å². The molecule has 0 fully saturated rings. The minimum atomic E-state index is -4.81. The van der Waals surface area contributed by atoms with E-state index in [0.717, 1.165) is 11.1 Å². The van der Waals surface area contributed by atoms with E-state index in [1.807, 2.05) is 29.6 Å². The van der Waals surface area contributed by atoms with Gasteiger partial charge in [0.2, 0.25) is 0 Å². The molecule has 0 atom stereocenters. The first-order valence-corrected chi connectivity index (χ1v) is 6.05. The molecule has 1 amide bonds. The molecule has 1 N–H and O–H groups in total. The molecule has 0 unspecified atom stereocenters. The lowest BCUT2D eigenvalue weighted by Crippen LogP contribution is -2.37. The van der Waals surface area contributed by atoms with Crippen molar-refractivity contribution in [1.29, 1.82) is 0 Å². The molecule has 1 aromatic rings. The van der Waals surface area contributed by atoms with Crippen LogP contribution in [0, 0.1) is 0 Å². The van der Waals surface area contributed by atoms with Crippen molar-refractivity contribution in [1.82, 2.24) is 5.32 Å². The van der Waals surface area contributed by atoms with Gasteiger partial charge in [0.25, 0.3) is 0 Å². The molecule has 1 rings (SSSR count). The Hall–Kier alpha value is -1.52. The molecule has 0 spiro atoms. The van der Waals surface area contributed by atoms with Gasteiger partial charge in [-0.15, -0.1) is 0 Å². The van der Waals surface area contributed by atoms with E-state index >= 15 is 0 Å². The molecule has 0 aliphatic carbocycles. The number of carbonyl (C=O) groups excluding carboxylic acids is 1. The zero-order valence-electron chi connectivity index (χ0n) is 11.3. The molecule has 1 aromatic carbocycles. The summed E-state index contributed by atoms with van der Waals surface area (Å²) in [5.41, 5.74) is 2.11. The smallest absolute Gasteiger partial charge is 0.348 e. The summed E-state index contributed by atoms with van der Waals surface area (Å²) in [5.74, 6) is -1.89. The molecule has 0 saturated heterocycles. The van der Waals surface area contributed by atoms with Gasteiger partial charge < -0.3 is 5.32 Å². The molecular formula is C14H18F3NO. The third-order valence-corrected chi connectivity index (χ3v) is 2.78. The van der Waals surface area contributed by atoms with Crippen LogP contribution in [0.15, 0.2) is 24.3 Å². The fraction of sp³-hybridized carbons (Fsp3) is 0.500. The highest BCUT2D eigenvalue weighted by Crippen LogP contribution is 2.22. The maximum atomic E-state index is 11.9. The number of hydrogen-bond acceptors (Lipinski definition) is 1. The predicted octanol–water partition coefficient (Wildman–Crippen LogP) is 3.21. The van der Waals surface area contributed by atoms with Gasteiger partial charge in [-0.2, -0.15) is 13.2 Å². The van der Waals surface area contributed by atoms with Crippen LogP contribution in [0.1, 0.15) is 31.9 Å². The van der Waals surface area contributed by atoms with Gasteiger partial charge in [0, 0.05) is 6.54 Å². The first-order valence-electron chi connectivity index (χ1n) is 6.05. The van der Waals surface area contributed by atoms with Gasteiger partial charge in [-0.1, -0.05) is 45.0 Å². The minimum Gasteiger partial charge on any atom is -0.348 e.